The number of aromatic amines is 1. The summed E-state index contributed by atoms with van der Waals surface area (Å²) in [4.78, 5) is 13.7. The first-order chi connectivity index (χ1) is 8.11. The molecule has 1 heterocycles. The first kappa shape index (κ1) is 11.2. The van der Waals surface area contributed by atoms with Gasteiger partial charge in [0.25, 0.3) is 0 Å². The first-order valence-corrected chi connectivity index (χ1v) is 5.10. The number of carbonyl (C=O) groups is 1. The number of nitrogens with one attached hydrogen (secondary N) is 1. The van der Waals surface area contributed by atoms with Crippen molar-refractivity contribution in [3.63, 3.8) is 0 Å². The number of hydrogen-bond donors (Lipinski definition) is 3. The average molecular weight is 229 g/mol. The van der Waals surface area contributed by atoms with E-state index in [4.69, 9.17) is 16.1 Å². The summed E-state index contributed by atoms with van der Waals surface area (Å²) in [6, 6.07) is 6.36. The maximum Gasteiger partial charge on any atom is 0.320 e. The van der Waals surface area contributed by atoms with E-state index >= 15 is 0 Å². The lowest BCUT2D eigenvalue weighted by molar-refractivity contribution is -0.138. The minimum absolute atomic E-state index is 0.240. The standard InChI is InChI=1S/C12H11N3O2/c13-5-7-1-2-11-9(3-7)8(6-15-11)4-10(14)12(16)17/h1-3,6,10,15H,4,14H2,(H,16,17)/t10-/m1/s1. The number of nitrogens with two attached hydrogens (primary N) is 1. The Balaban J connectivity index is 2.41. The van der Waals surface area contributed by atoms with E-state index in [1.165, 1.54) is 0 Å². The molecule has 0 fully saturated rings. The van der Waals surface area contributed by atoms with Gasteiger partial charge in [0.2, 0.25) is 0 Å². The Bertz CT molecular complexity index is 610. The van der Waals surface area contributed by atoms with Crippen molar-refractivity contribution in [2.45, 2.75) is 12.5 Å². The van der Waals surface area contributed by atoms with Crippen LogP contribution in [0.3, 0.4) is 0 Å². The van der Waals surface area contributed by atoms with Gasteiger partial charge in [-0.25, -0.2) is 0 Å². The first-order valence-electron chi connectivity index (χ1n) is 5.10. The Kier molecular flexibility index (Phi) is 2.81. The van der Waals surface area contributed by atoms with Gasteiger partial charge >= 0.3 is 5.97 Å². The minimum atomic E-state index is -1.03. The molecule has 0 aliphatic heterocycles. The lowest BCUT2D eigenvalue weighted by Crippen LogP contribution is -2.32. The lowest BCUT2D eigenvalue weighted by atomic mass is 10.0. The van der Waals surface area contributed by atoms with Crippen LogP contribution in [-0.2, 0) is 11.2 Å². The van der Waals surface area contributed by atoms with E-state index in [9.17, 15) is 4.79 Å². The second-order valence-electron chi connectivity index (χ2n) is 3.83. The molecule has 0 saturated carbocycles. The molecule has 0 bridgehead atoms. The van der Waals surface area contributed by atoms with Crippen LogP contribution in [0.1, 0.15) is 11.1 Å². The molecule has 0 radical (unpaired) electrons. The molecule has 86 valence electrons. The van der Waals surface area contributed by atoms with Crippen LogP contribution in [0.2, 0.25) is 0 Å². The van der Waals surface area contributed by atoms with E-state index in [1.54, 1.807) is 24.4 Å². The van der Waals surface area contributed by atoms with Crippen LogP contribution < -0.4 is 5.73 Å². The Morgan fingerprint density at radius 3 is 3.00 bits per heavy atom. The van der Waals surface area contributed by atoms with Crippen LogP contribution in [0.5, 0.6) is 0 Å². The van der Waals surface area contributed by atoms with Crippen molar-refractivity contribution in [1.82, 2.24) is 4.98 Å². The van der Waals surface area contributed by atoms with E-state index in [0.717, 1.165) is 16.5 Å². The molecule has 0 saturated heterocycles. The van der Waals surface area contributed by atoms with Crippen LogP contribution in [0.15, 0.2) is 24.4 Å². The molecule has 0 aliphatic rings. The topological polar surface area (TPSA) is 103 Å². The zero-order valence-electron chi connectivity index (χ0n) is 8.97. The van der Waals surface area contributed by atoms with E-state index in [2.05, 4.69) is 11.1 Å². The summed E-state index contributed by atoms with van der Waals surface area (Å²) in [7, 11) is 0. The number of nitrogens with zero attached hydrogens (tertiary/aromatic N) is 1. The number of hydrogen-bond acceptors (Lipinski definition) is 3. The van der Waals surface area contributed by atoms with Gasteiger partial charge in [0.1, 0.15) is 6.04 Å². The van der Waals surface area contributed by atoms with Gasteiger partial charge in [0.15, 0.2) is 0 Å². The second kappa shape index (κ2) is 4.28. The number of benzene rings is 1. The number of fused-ring (bicyclic) bond motifs is 1. The van der Waals surface area contributed by atoms with E-state index in [1.807, 2.05) is 0 Å². The Morgan fingerprint density at radius 1 is 1.59 bits per heavy atom. The highest BCUT2D eigenvalue weighted by atomic mass is 16.4. The van der Waals surface area contributed by atoms with Gasteiger partial charge < -0.3 is 15.8 Å². The fourth-order valence-corrected chi connectivity index (χ4v) is 1.74. The number of aromatic nitrogens is 1. The number of rotatable bonds is 3. The van der Waals surface area contributed by atoms with Gasteiger partial charge in [0.05, 0.1) is 11.6 Å². The molecule has 1 aromatic heterocycles. The number of H-pyrrole nitrogens is 1. The molecule has 0 spiro atoms. The molecule has 17 heavy (non-hydrogen) atoms. The van der Waals surface area contributed by atoms with Gasteiger partial charge in [-0.3, -0.25) is 4.79 Å². The summed E-state index contributed by atoms with van der Waals surface area (Å²) in [5.41, 5.74) is 7.72. The zero-order valence-corrected chi connectivity index (χ0v) is 8.97. The van der Waals surface area contributed by atoms with Crippen molar-refractivity contribution in [3.05, 3.63) is 35.5 Å². The van der Waals surface area contributed by atoms with Crippen molar-refractivity contribution >= 4 is 16.9 Å². The summed E-state index contributed by atoms with van der Waals surface area (Å²) >= 11 is 0. The highest BCUT2D eigenvalue weighted by Crippen LogP contribution is 2.20. The Labute approximate surface area is 97.5 Å². The number of nitriles is 1. The van der Waals surface area contributed by atoms with Crippen LogP contribution in [0, 0.1) is 11.3 Å². The van der Waals surface area contributed by atoms with Gasteiger partial charge in [-0.2, -0.15) is 5.26 Å². The number of aliphatic carboxylic acids is 1. The van der Waals surface area contributed by atoms with E-state index in [0.29, 0.717) is 5.56 Å². The molecule has 2 rings (SSSR count). The molecule has 4 N–H and O–H groups in total. The van der Waals surface area contributed by atoms with Gasteiger partial charge in [-0.15, -0.1) is 0 Å². The van der Waals surface area contributed by atoms with Crippen molar-refractivity contribution < 1.29 is 9.90 Å². The number of carboxylic acid groups (broad SMARTS) is 1. The molecule has 1 aromatic carbocycles. The average Bonchev–Trinajstić information content (AvgIpc) is 2.71. The van der Waals surface area contributed by atoms with Crippen LogP contribution in [0.4, 0.5) is 0 Å². The number of carboxylic acids is 1. The molecule has 0 aliphatic carbocycles. The Hall–Kier alpha value is -2.32. The SMILES string of the molecule is N#Cc1ccc2[nH]cc(C[C@@H](N)C(=O)O)c2c1. The summed E-state index contributed by atoms with van der Waals surface area (Å²) in [5.74, 6) is -1.03. The largest absolute Gasteiger partial charge is 0.480 e. The minimum Gasteiger partial charge on any atom is -0.480 e. The molecule has 1 atom stereocenters. The molecule has 5 heteroatoms. The molecule has 0 amide bonds. The fourth-order valence-electron chi connectivity index (χ4n) is 1.74. The lowest BCUT2D eigenvalue weighted by Gasteiger charge is -2.04. The molecular weight excluding hydrogens is 218 g/mol. The molecule has 5 nitrogen and oxygen atoms in total. The van der Waals surface area contributed by atoms with Crippen molar-refractivity contribution in [1.29, 1.82) is 5.26 Å². The predicted molar refractivity (Wildman–Crippen MR) is 62.3 cm³/mol. The summed E-state index contributed by atoms with van der Waals surface area (Å²) in [6.45, 7) is 0. The van der Waals surface area contributed by atoms with Crippen molar-refractivity contribution in [2.24, 2.45) is 5.73 Å². The summed E-state index contributed by atoms with van der Waals surface area (Å²) < 4.78 is 0. The third kappa shape index (κ3) is 2.12. The van der Waals surface area contributed by atoms with E-state index in [-0.39, 0.29) is 6.42 Å². The second-order valence-corrected chi connectivity index (χ2v) is 3.83. The third-order valence-electron chi connectivity index (χ3n) is 2.65. The third-order valence-corrected chi connectivity index (χ3v) is 2.65. The van der Waals surface area contributed by atoms with Crippen molar-refractivity contribution in [3.8, 4) is 6.07 Å². The van der Waals surface area contributed by atoms with Crippen LogP contribution in [-0.4, -0.2) is 22.1 Å². The highest BCUT2D eigenvalue weighted by Gasteiger charge is 2.14. The quantitative estimate of drug-likeness (QED) is 0.730. The van der Waals surface area contributed by atoms with Crippen molar-refractivity contribution in [2.75, 3.05) is 0 Å². The zero-order chi connectivity index (χ0) is 12.4. The van der Waals surface area contributed by atoms with Crippen LogP contribution >= 0.6 is 0 Å². The van der Waals surface area contributed by atoms with Crippen LogP contribution in [0.25, 0.3) is 10.9 Å². The van der Waals surface area contributed by atoms with Gasteiger partial charge in [0, 0.05) is 23.5 Å². The summed E-state index contributed by atoms with van der Waals surface area (Å²) in [5, 5.41) is 18.4. The predicted octanol–water partition coefficient (Wildman–Crippen LogP) is 0.994. The maximum atomic E-state index is 10.7. The van der Waals surface area contributed by atoms with Gasteiger partial charge in [-0.1, -0.05) is 0 Å². The monoisotopic (exact) mass is 229 g/mol. The molecule has 0 unspecified atom stereocenters. The molecule has 2 aromatic rings. The van der Waals surface area contributed by atoms with E-state index < -0.39 is 12.0 Å². The molecular formula is C12H11N3O2. The Morgan fingerprint density at radius 2 is 2.35 bits per heavy atom. The smallest absolute Gasteiger partial charge is 0.320 e. The fraction of sp³-hybridized carbons (Fsp3) is 0.167. The summed E-state index contributed by atoms with van der Waals surface area (Å²) in [6.07, 6.45) is 1.97. The normalized spacial score (nSPS) is 12.2. The highest BCUT2D eigenvalue weighted by molar-refractivity contribution is 5.85. The van der Waals surface area contributed by atoms with Gasteiger partial charge in [-0.05, 0) is 23.8 Å². The maximum absolute atomic E-state index is 10.7.